The zero-order valence-electron chi connectivity index (χ0n) is 11.0. The SMILES string of the molecule is NNc1ccccc1C(=O)N1CCCC1CCCO. The number of para-hydroxylation sites is 1. The van der Waals surface area contributed by atoms with Crippen LogP contribution in [0, 0.1) is 0 Å². The molecule has 1 aromatic carbocycles. The molecule has 5 nitrogen and oxygen atoms in total. The van der Waals surface area contributed by atoms with Crippen molar-refractivity contribution in [2.75, 3.05) is 18.6 Å². The first kappa shape index (κ1) is 13.8. The maximum atomic E-state index is 12.6. The van der Waals surface area contributed by atoms with E-state index in [1.807, 2.05) is 17.0 Å². The van der Waals surface area contributed by atoms with Gasteiger partial charge in [-0.3, -0.25) is 10.6 Å². The predicted molar refractivity (Wildman–Crippen MR) is 74.6 cm³/mol. The van der Waals surface area contributed by atoms with Gasteiger partial charge in [0.2, 0.25) is 0 Å². The number of anilines is 1. The predicted octanol–water partition coefficient (Wildman–Crippen LogP) is 1.35. The molecule has 1 aliphatic rings. The van der Waals surface area contributed by atoms with Gasteiger partial charge in [0, 0.05) is 19.2 Å². The first-order valence-electron chi connectivity index (χ1n) is 6.75. The highest BCUT2D eigenvalue weighted by Gasteiger charge is 2.29. The average molecular weight is 263 g/mol. The Bertz CT molecular complexity index is 436. The van der Waals surface area contributed by atoms with Crippen LogP contribution in [-0.4, -0.2) is 35.1 Å². The summed E-state index contributed by atoms with van der Waals surface area (Å²) < 4.78 is 0. The molecule has 1 aromatic rings. The third-order valence-electron chi connectivity index (χ3n) is 3.65. The number of nitrogen functional groups attached to an aromatic ring is 1. The number of likely N-dealkylation sites (tertiary alicyclic amines) is 1. The van der Waals surface area contributed by atoms with E-state index in [2.05, 4.69) is 5.43 Å². The lowest BCUT2D eigenvalue weighted by atomic mass is 10.1. The van der Waals surface area contributed by atoms with E-state index in [1.165, 1.54) is 0 Å². The zero-order chi connectivity index (χ0) is 13.7. The van der Waals surface area contributed by atoms with E-state index in [1.54, 1.807) is 12.1 Å². The van der Waals surface area contributed by atoms with Crippen LogP contribution < -0.4 is 11.3 Å². The number of hydrazine groups is 1. The Morgan fingerprint density at radius 2 is 2.26 bits per heavy atom. The van der Waals surface area contributed by atoms with Crippen molar-refractivity contribution in [3.63, 3.8) is 0 Å². The summed E-state index contributed by atoms with van der Waals surface area (Å²) in [7, 11) is 0. The molecule has 0 spiro atoms. The highest BCUT2D eigenvalue weighted by Crippen LogP contribution is 2.25. The molecule has 1 amide bonds. The van der Waals surface area contributed by atoms with E-state index in [4.69, 9.17) is 10.9 Å². The molecule has 1 saturated heterocycles. The van der Waals surface area contributed by atoms with Gasteiger partial charge in [-0.05, 0) is 37.8 Å². The molecule has 0 aromatic heterocycles. The van der Waals surface area contributed by atoms with Crippen LogP contribution in [0.2, 0.25) is 0 Å². The van der Waals surface area contributed by atoms with Crippen LogP contribution in [0.25, 0.3) is 0 Å². The Morgan fingerprint density at radius 3 is 3.00 bits per heavy atom. The Balaban J connectivity index is 2.13. The van der Waals surface area contributed by atoms with Crippen LogP contribution >= 0.6 is 0 Å². The van der Waals surface area contributed by atoms with E-state index in [9.17, 15) is 4.79 Å². The number of hydrogen-bond acceptors (Lipinski definition) is 4. The monoisotopic (exact) mass is 263 g/mol. The van der Waals surface area contributed by atoms with Crippen LogP contribution in [0.15, 0.2) is 24.3 Å². The summed E-state index contributed by atoms with van der Waals surface area (Å²) in [6, 6.07) is 7.52. The van der Waals surface area contributed by atoms with Crippen molar-refractivity contribution in [1.29, 1.82) is 0 Å². The van der Waals surface area contributed by atoms with Crippen molar-refractivity contribution in [2.24, 2.45) is 5.84 Å². The highest BCUT2D eigenvalue weighted by atomic mass is 16.3. The van der Waals surface area contributed by atoms with Crippen LogP contribution in [0.3, 0.4) is 0 Å². The van der Waals surface area contributed by atoms with Gasteiger partial charge in [-0.2, -0.15) is 0 Å². The quantitative estimate of drug-likeness (QED) is 0.553. The molecule has 4 N–H and O–H groups in total. The number of nitrogens with zero attached hydrogens (tertiary/aromatic N) is 1. The van der Waals surface area contributed by atoms with Gasteiger partial charge in [0.05, 0.1) is 11.3 Å². The molecule has 1 fully saturated rings. The second-order valence-corrected chi connectivity index (χ2v) is 4.85. The molecule has 2 rings (SSSR count). The molecule has 0 bridgehead atoms. The number of aliphatic hydroxyl groups is 1. The number of aliphatic hydroxyl groups excluding tert-OH is 1. The van der Waals surface area contributed by atoms with E-state index in [0.29, 0.717) is 11.3 Å². The number of carbonyl (C=O) groups is 1. The molecule has 1 atom stereocenters. The molecular weight excluding hydrogens is 242 g/mol. The van der Waals surface area contributed by atoms with Crippen LogP contribution in [-0.2, 0) is 0 Å². The normalized spacial score (nSPS) is 18.6. The number of benzene rings is 1. The van der Waals surface area contributed by atoms with E-state index < -0.39 is 0 Å². The van der Waals surface area contributed by atoms with Crippen LogP contribution in [0.4, 0.5) is 5.69 Å². The Morgan fingerprint density at radius 1 is 1.47 bits per heavy atom. The van der Waals surface area contributed by atoms with E-state index in [0.717, 1.165) is 32.2 Å². The lowest BCUT2D eigenvalue weighted by Gasteiger charge is -2.25. The fourth-order valence-electron chi connectivity index (χ4n) is 2.68. The number of hydrogen-bond donors (Lipinski definition) is 3. The lowest BCUT2D eigenvalue weighted by molar-refractivity contribution is 0.0725. The molecule has 0 saturated carbocycles. The van der Waals surface area contributed by atoms with E-state index >= 15 is 0 Å². The minimum atomic E-state index is 0.0222. The van der Waals surface area contributed by atoms with Crippen molar-refractivity contribution in [3.8, 4) is 0 Å². The van der Waals surface area contributed by atoms with Gasteiger partial charge in [-0.25, -0.2) is 0 Å². The number of amides is 1. The maximum absolute atomic E-state index is 12.6. The largest absolute Gasteiger partial charge is 0.396 e. The fourth-order valence-corrected chi connectivity index (χ4v) is 2.68. The zero-order valence-corrected chi connectivity index (χ0v) is 11.0. The Hall–Kier alpha value is -1.59. The smallest absolute Gasteiger partial charge is 0.256 e. The first-order valence-corrected chi connectivity index (χ1v) is 6.75. The summed E-state index contributed by atoms with van der Waals surface area (Å²) in [5, 5.41) is 8.92. The molecule has 1 heterocycles. The van der Waals surface area contributed by atoms with Gasteiger partial charge in [-0.1, -0.05) is 12.1 Å². The Kier molecular flexibility index (Phi) is 4.76. The average Bonchev–Trinajstić information content (AvgIpc) is 2.92. The van der Waals surface area contributed by atoms with Gasteiger partial charge in [0.15, 0.2) is 0 Å². The molecule has 1 unspecified atom stereocenters. The molecule has 19 heavy (non-hydrogen) atoms. The fraction of sp³-hybridized carbons (Fsp3) is 0.500. The molecule has 0 aliphatic carbocycles. The lowest BCUT2D eigenvalue weighted by Crippen LogP contribution is -2.36. The third-order valence-corrected chi connectivity index (χ3v) is 3.65. The second-order valence-electron chi connectivity index (χ2n) is 4.85. The van der Waals surface area contributed by atoms with E-state index in [-0.39, 0.29) is 18.6 Å². The third kappa shape index (κ3) is 3.05. The van der Waals surface area contributed by atoms with Gasteiger partial charge in [0.1, 0.15) is 0 Å². The maximum Gasteiger partial charge on any atom is 0.256 e. The summed E-state index contributed by atoms with van der Waals surface area (Å²) in [5.41, 5.74) is 3.84. The summed E-state index contributed by atoms with van der Waals surface area (Å²) >= 11 is 0. The summed E-state index contributed by atoms with van der Waals surface area (Å²) in [4.78, 5) is 14.5. The number of carbonyl (C=O) groups excluding carboxylic acids is 1. The standard InChI is InChI=1S/C14H21N3O2/c15-16-13-8-2-1-7-12(13)14(19)17-9-3-5-11(17)6-4-10-18/h1-2,7-8,11,16,18H,3-6,9-10,15H2. The number of nitrogens with one attached hydrogen (secondary N) is 1. The topological polar surface area (TPSA) is 78.6 Å². The Labute approximate surface area is 113 Å². The minimum absolute atomic E-state index is 0.0222. The molecule has 104 valence electrons. The van der Waals surface area contributed by atoms with Crippen molar-refractivity contribution >= 4 is 11.6 Å². The van der Waals surface area contributed by atoms with Gasteiger partial charge in [0.25, 0.3) is 5.91 Å². The van der Waals surface area contributed by atoms with Crippen molar-refractivity contribution in [1.82, 2.24) is 4.90 Å². The van der Waals surface area contributed by atoms with Crippen molar-refractivity contribution < 1.29 is 9.90 Å². The molecule has 1 aliphatic heterocycles. The van der Waals surface area contributed by atoms with Crippen molar-refractivity contribution in [3.05, 3.63) is 29.8 Å². The number of rotatable bonds is 5. The summed E-state index contributed by atoms with van der Waals surface area (Å²) in [6.07, 6.45) is 3.65. The van der Waals surface area contributed by atoms with Gasteiger partial charge in [-0.15, -0.1) is 0 Å². The van der Waals surface area contributed by atoms with Crippen LogP contribution in [0.5, 0.6) is 0 Å². The van der Waals surface area contributed by atoms with Gasteiger partial charge >= 0.3 is 0 Å². The van der Waals surface area contributed by atoms with Crippen LogP contribution in [0.1, 0.15) is 36.0 Å². The highest BCUT2D eigenvalue weighted by molar-refractivity contribution is 5.99. The summed E-state index contributed by atoms with van der Waals surface area (Å²) in [5.74, 6) is 5.47. The second kappa shape index (κ2) is 6.54. The number of nitrogens with two attached hydrogens (primary N) is 1. The first-order chi connectivity index (χ1) is 9.27. The van der Waals surface area contributed by atoms with Crippen molar-refractivity contribution in [2.45, 2.75) is 31.7 Å². The molecular formula is C14H21N3O2. The van der Waals surface area contributed by atoms with Gasteiger partial charge < -0.3 is 15.4 Å². The minimum Gasteiger partial charge on any atom is -0.396 e. The molecule has 5 heteroatoms. The summed E-state index contributed by atoms with van der Waals surface area (Å²) in [6.45, 7) is 0.966. The molecule has 0 radical (unpaired) electrons.